The van der Waals surface area contributed by atoms with E-state index in [-0.39, 0.29) is 0 Å². The van der Waals surface area contributed by atoms with Crippen LogP contribution in [0.5, 0.6) is 0 Å². The van der Waals surface area contributed by atoms with Crippen molar-refractivity contribution in [1.82, 2.24) is 14.5 Å². The van der Waals surface area contributed by atoms with E-state index in [4.69, 9.17) is 9.97 Å². The third-order valence-electron chi connectivity index (χ3n) is 10.1. The number of thiophene rings is 2. The van der Waals surface area contributed by atoms with Gasteiger partial charge in [-0.3, -0.25) is 4.57 Å². The summed E-state index contributed by atoms with van der Waals surface area (Å²) in [6, 6.07) is 58.6. The standard InChI is InChI=1S/C46H27N3S2/c1-2-11-28(12-3-1)29-21-23-30(24-22-29)37-27-38(35-17-10-16-33-31-13-5-8-19-41(31)50-44(33)35)48-46(47-37)49-39-18-7-4-15-36(39)43-40(49)26-25-34-32-14-6-9-20-42(32)51-45(34)43/h1-27H. The van der Waals surface area contributed by atoms with Gasteiger partial charge in [0.15, 0.2) is 0 Å². The Balaban J connectivity index is 1.20. The van der Waals surface area contributed by atoms with Gasteiger partial charge in [0.25, 0.3) is 0 Å². The van der Waals surface area contributed by atoms with Gasteiger partial charge in [-0.15, -0.1) is 22.7 Å². The summed E-state index contributed by atoms with van der Waals surface area (Å²) < 4.78 is 7.38. The molecule has 238 valence electrons. The number of hydrogen-bond acceptors (Lipinski definition) is 4. The molecule has 0 saturated heterocycles. The SMILES string of the molecule is c1ccc(-c2ccc(-c3cc(-c4cccc5c4sc4ccccc45)nc(-n4c5ccccc5c5c6sc7ccccc7c6ccc54)n3)cc2)cc1. The van der Waals surface area contributed by atoms with Crippen molar-refractivity contribution in [3.05, 3.63) is 164 Å². The Hall–Kier alpha value is -6.14. The van der Waals surface area contributed by atoms with Gasteiger partial charge < -0.3 is 0 Å². The fourth-order valence-corrected chi connectivity index (χ4v) is 10.2. The summed E-state index contributed by atoms with van der Waals surface area (Å²) in [6.07, 6.45) is 0. The summed E-state index contributed by atoms with van der Waals surface area (Å²) >= 11 is 3.69. The van der Waals surface area contributed by atoms with E-state index in [0.29, 0.717) is 5.95 Å². The molecule has 0 radical (unpaired) electrons. The van der Waals surface area contributed by atoms with Crippen molar-refractivity contribution in [1.29, 1.82) is 0 Å². The lowest BCUT2D eigenvalue weighted by molar-refractivity contribution is 0.996. The normalized spacial score (nSPS) is 11.9. The fourth-order valence-electron chi connectivity index (χ4n) is 7.68. The van der Waals surface area contributed by atoms with Crippen LogP contribution in [0.15, 0.2) is 164 Å². The molecule has 7 aromatic carbocycles. The Labute approximate surface area is 301 Å². The smallest absolute Gasteiger partial charge is 0.235 e. The van der Waals surface area contributed by atoms with Gasteiger partial charge in [-0.25, -0.2) is 9.97 Å². The van der Waals surface area contributed by atoms with Gasteiger partial charge in [0.1, 0.15) is 0 Å². The molecular weight excluding hydrogens is 659 g/mol. The Morgan fingerprint density at radius 3 is 1.76 bits per heavy atom. The molecular formula is C46H27N3S2. The van der Waals surface area contributed by atoms with E-state index in [1.165, 1.54) is 62.2 Å². The van der Waals surface area contributed by atoms with Crippen molar-refractivity contribution in [2.24, 2.45) is 0 Å². The van der Waals surface area contributed by atoms with Crippen LogP contribution in [-0.2, 0) is 0 Å². The van der Waals surface area contributed by atoms with E-state index < -0.39 is 0 Å². The van der Waals surface area contributed by atoms with E-state index in [2.05, 4.69) is 168 Å². The maximum Gasteiger partial charge on any atom is 0.235 e. The fraction of sp³-hybridized carbons (Fsp3) is 0. The summed E-state index contributed by atoms with van der Waals surface area (Å²) in [4.78, 5) is 10.8. The summed E-state index contributed by atoms with van der Waals surface area (Å²) in [7, 11) is 0. The van der Waals surface area contributed by atoms with Crippen molar-refractivity contribution in [2.75, 3.05) is 0 Å². The van der Waals surface area contributed by atoms with E-state index in [1.54, 1.807) is 0 Å². The zero-order chi connectivity index (χ0) is 33.5. The average molecular weight is 686 g/mol. The number of rotatable bonds is 4. The minimum absolute atomic E-state index is 0.666. The average Bonchev–Trinajstić information content (AvgIpc) is 3.88. The summed E-state index contributed by atoms with van der Waals surface area (Å²) in [6.45, 7) is 0. The molecule has 0 bridgehead atoms. The molecule has 0 aliphatic heterocycles. The molecule has 0 fully saturated rings. The van der Waals surface area contributed by atoms with Gasteiger partial charge in [0.05, 0.1) is 22.4 Å². The van der Waals surface area contributed by atoms with Crippen LogP contribution in [0.3, 0.4) is 0 Å². The van der Waals surface area contributed by atoms with Crippen LogP contribution in [0.4, 0.5) is 0 Å². The summed E-state index contributed by atoms with van der Waals surface area (Å²) in [5.41, 5.74) is 8.55. The van der Waals surface area contributed by atoms with E-state index in [9.17, 15) is 0 Å². The largest absolute Gasteiger partial charge is 0.278 e. The number of para-hydroxylation sites is 1. The lowest BCUT2D eigenvalue weighted by Gasteiger charge is -2.13. The highest BCUT2D eigenvalue weighted by Gasteiger charge is 2.21. The van der Waals surface area contributed by atoms with Crippen molar-refractivity contribution in [3.8, 4) is 39.6 Å². The van der Waals surface area contributed by atoms with Crippen LogP contribution in [0.1, 0.15) is 0 Å². The molecule has 11 rings (SSSR count). The topological polar surface area (TPSA) is 30.7 Å². The quantitative estimate of drug-likeness (QED) is 0.185. The van der Waals surface area contributed by atoms with Crippen LogP contribution in [0.25, 0.3) is 102 Å². The second kappa shape index (κ2) is 11.2. The predicted octanol–water partition coefficient (Wildman–Crippen LogP) is 13.3. The predicted molar refractivity (Wildman–Crippen MR) is 218 cm³/mol. The van der Waals surface area contributed by atoms with Crippen molar-refractivity contribution in [3.63, 3.8) is 0 Å². The zero-order valence-electron chi connectivity index (χ0n) is 27.2. The molecule has 0 amide bonds. The van der Waals surface area contributed by atoms with E-state index in [1.807, 2.05) is 22.7 Å². The third-order valence-corrected chi connectivity index (χ3v) is 12.5. The molecule has 51 heavy (non-hydrogen) atoms. The van der Waals surface area contributed by atoms with Gasteiger partial charge in [-0.05, 0) is 41.5 Å². The highest BCUT2D eigenvalue weighted by molar-refractivity contribution is 7.27. The molecule has 0 aliphatic carbocycles. The summed E-state index contributed by atoms with van der Waals surface area (Å²) in [5, 5.41) is 7.58. The van der Waals surface area contributed by atoms with Crippen LogP contribution in [-0.4, -0.2) is 14.5 Å². The molecule has 0 saturated carbocycles. The van der Waals surface area contributed by atoms with Crippen LogP contribution < -0.4 is 0 Å². The highest BCUT2D eigenvalue weighted by Crippen LogP contribution is 2.44. The molecule has 4 heterocycles. The first-order valence-electron chi connectivity index (χ1n) is 17.1. The lowest BCUT2D eigenvalue weighted by atomic mass is 10.0. The van der Waals surface area contributed by atoms with E-state index >= 15 is 0 Å². The minimum atomic E-state index is 0.666. The maximum absolute atomic E-state index is 5.44. The lowest BCUT2D eigenvalue weighted by Crippen LogP contribution is -2.04. The number of fused-ring (bicyclic) bond motifs is 10. The Kier molecular flexibility index (Phi) is 6.29. The van der Waals surface area contributed by atoms with Gasteiger partial charge in [-0.1, -0.05) is 133 Å². The molecule has 0 unspecified atom stereocenters. The van der Waals surface area contributed by atoms with Crippen LogP contribution >= 0.6 is 22.7 Å². The van der Waals surface area contributed by atoms with Crippen molar-refractivity contribution >= 4 is 84.8 Å². The highest BCUT2D eigenvalue weighted by atomic mass is 32.1. The van der Waals surface area contributed by atoms with Gasteiger partial charge in [-0.2, -0.15) is 0 Å². The van der Waals surface area contributed by atoms with Crippen LogP contribution in [0, 0.1) is 0 Å². The monoisotopic (exact) mass is 685 g/mol. The first kappa shape index (κ1) is 28.7. The molecule has 5 heteroatoms. The maximum atomic E-state index is 5.44. The molecule has 4 aromatic heterocycles. The molecule has 0 spiro atoms. The number of hydrogen-bond donors (Lipinski definition) is 0. The molecule has 0 aliphatic rings. The number of benzene rings is 7. The Bertz CT molecular complexity index is 3130. The van der Waals surface area contributed by atoms with Gasteiger partial charge >= 0.3 is 0 Å². The van der Waals surface area contributed by atoms with Crippen molar-refractivity contribution in [2.45, 2.75) is 0 Å². The number of aromatic nitrogens is 3. The molecule has 3 nitrogen and oxygen atoms in total. The third kappa shape index (κ3) is 4.42. The van der Waals surface area contributed by atoms with Crippen molar-refractivity contribution < 1.29 is 0 Å². The van der Waals surface area contributed by atoms with Gasteiger partial charge in [0.2, 0.25) is 5.95 Å². The second-order valence-electron chi connectivity index (χ2n) is 12.9. The van der Waals surface area contributed by atoms with Crippen LogP contribution in [0.2, 0.25) is 0 Å². The number of nitrogens with zero attached hydrogens (tertiary/aromatic N) is 3. The van der Waals surface area contributed by atoms with Gasteiger partial charge in [0, 0.05) is 62.2 Å². The zero-order valence-corrected chi connectivity index (χ0v) is 28.9. The molecule has 0 atom stereocenters. The Morgan fingerprint density at radius 2 is 0.980 bits per heavy atom. The summed E-state index contributed by atoms with van der Waals surface area (Å²) in [5.74, 6) is 0.666. The Morgan fingerprint density at radius 1 is 0.392 bits per heavy atom. The first-order chi connectivity index (χ1) is 25.3. The second-order valence-corrected chi connectivity index (χ2v) is 15.1. The minimum Gasteiger partial charge on any atom is -0.278 e. The van der Waals surface area contributed by atoms with E-state index in [0.717, 1.165) is 33.5 Å². The first-order valence-corrected chi connectivity index (χ1v) is 18.7. The molecule has 11 aromatic rings. The molecule has 0 N–H and O–H groups in total.